The summed E-state index contributed by atoms with van der Waals surface area (Å²) in [5.74, 6) is -1.58. The highest BCUT2D eigenvalue weighted by Gasteiger charge is 2.13. The summed E-state index contributed by atoms with van der Waals surface area (Å²) in [6.07, 6.45) is -0.272. The van der Waals surface area contributed by atoms with E-state index in [1.54, 1.807) is 0 Å². The highest BCUT2D eigenvalue weighted by molar-refractivity contribution is 6.31. The van der Waals surface area contributed by atoms with E-state index in [0.717, 1.165) is 11.4 Å². The largest absolute Gasteiger partial charge is 0.273 e. The summed E-state index contributed by atoms with van der Waals surface area (Å²) < 4.78 is 15.1. The molecule has 0 unspecified atom stereocenters. The second-order valence-electron chi connectivity index (χ2n) is 5.06. The SMILES string of the molecule is Cc1cc(C)n(CC(=O)NNC(=O)Cc2c(F)cccc2Cl)n1. The highest BCUT2D eigenvalue weighted by atomic mass is 35.5. The van der Waals surface area contributed by atoms with Crippen LogP contribution < -0.4 is 10.9 Å². The molecule has 6 nitrogen and oxygen atoms in total. The lowest BCUT2D eigenvalue weighted by Gasteiger charge is -2.09. The smallest absolute Gasteiger partial charge is 0.260 e. The number of halogens is 2. The van der Waals surface area contributed by atoms with Crippen LogP contribution in [0.25, 0.3) is 0 Å². The summed E-state index contributed by atoms with van der Waals surface area (Å²) in [5, 5.41) is 4.31. The van der Waals surface area contributed by atoms with Crippen LogP contribution >= 0.6 is 11.6 Å². The first-order valence-electron chi connectivity index (χ1n) is 6.88. The molecule has 1 heterocycles. The van der Waals surface area contributed by atoms with E-state index in [1.165, 1.54) is 22.9 Å². The number of carbonyl (C=O) groups is 2. The molecule has 0 aliphatic rings. The van der Waals surface area contributed by atoms with E-state index < -0.39 is 17.6 Å². The third kappa shape index (κ3) is 4.53. The van der Waals surface area contributed by atoms with Crippen LogP contribution in [0.15, 0.2) is 24.3 Å². The first-order chi connectivity index (χ1) is 10.9. The van der Waals surface area contributed by atoms with Crippen molar-refractivity contribution in [2.45, 2.75) is 26.8 Å². The van der Waals surface area contributed by atoms with Gasteiger partial charge in [0.1, 0.15) is 12.4 Å². The van der Waals surface area contributed by atoms with E-state index in [1.807, 2.05) is 19.9 Å². The number of amides is 2. The molecule has 0 atom stereocenters. The summed E-state index contributed by atoms with van der Waals surface area (Å²) in [6, 6.07) is 6.01. The van der Waals surface area contributed by atoms with E-state index in [-0.39, 0.29) is 23.6 Å². The molecule has 1 aromatic heterocycles. The van der Waals surface area contributed by atoms with Crippen molar-refractivity contribution in [3.63, 3.8) is 0 Å². The molecule has 0 saturated heterocycles. The Morgan fingerprint density at radius 3 is 2.57 bits per heavy atom. The fraction of sp³-hybridized carbons (Fsp3) is 0.267. The van der Waals surface area contributed by atoms with Crippen molar-refractivity contribution >= 4 is 23.4 Å². The molecule has 0 aliphatic carbocycles. The van der Waals surface area contributed by atoms with Crippen LogP contribution in [0.4, 0.5) is 4.39 Å². The number of benzene rings is 1. The molecule has 122 valence electrons. The van der Waals surface area contributed by atoms with Gasteiger partial charge in [0.15, 0.2) is 0 Å². The number of carbonyl (C=O) groups excluding carboxylic acids is 2. The molecule has 2 amide bonds. The van der Waals surface area contributed by atoms with Crippen LogP contribution in [0.1, 0.15) is 17.0 Å². The van der Waals surface area contributed by atoms with Crippen molar-refractivity contribution in [3.05, 3.63) is 52.1 Å². The molecule has 2 N–H and O–H groups in total. The average Bonchev–Trinajstić information content (AvgIpc) is 2.79. The number of nitrogens with one attached hydrogen (secondary N) is 2. The zero-order valence-electron chi connectivity index (χ0n) is 12.7. The summed E-state index contributed by atoms with van der Waals surface area (Å²) in [4.78, 5) is 23.5. The van der Waals surface area contributed by atoms with Crippen LogP contribution in [0.3, 0.4) is 0 Å². The Hall–Kier alpha value is -2.41. The molecule has 0 radical (unpaired) electrons. The Balaban J connectivity index is 1.87. The Morgan fingerprint density at radius 2 is 1.96 bits per heavy atom. The van der Waals surface area contributed by atoms with Crippen LogP contribution in [-0.2, 0) is 22.6 Å². The number of rotatable bonds is 4. The van der Waals surface area contributed by atoms with Gasteiger partial charge in [0.2, 0.25) is 5.91 Å². The number of hydrogen-bond donors (Lipinski definition) is 2. The summed E-state index contributed by atoms with van der Waals surface area (Å²) in [7, 11) is 0. The van der Waals surface area contributed by atoms with Gasteiger partial charge in [-0.25, -0.2) is 4.39 Å². The van der Waals surface area contributed by atoms with Crippen molar-refractivity contribution in [1.29, 1.82) is 0 Å². The minimum absolute atomic E-state index is 0.0274. The minimum Gasteiger partial charge on any atom is -0.273 e. The number of aryl methyl sites for hydroxylation is 2. The number of hydrazine groups is 1. The summed E-state index contributed by atoms with van der Waals surface area (Å²) in [6.45, 7) is 3.62. The lowest BCUT2D eigenvalue weighted by Crippen LogP contribution is -2.44. The predicted molar refractivity (Wildman–Crippen MR) is 83.1 cm³/mol. The molecule has 0 saturated carbocycles. The lowest BCUT2D eigenvalue weighted by atomic mass is 10.1. The average molecular weight is 339 g/mol. The maximum atomic E-state index is 13.6. The van der Waals surface area contributed by atoms with Gasteiger partial charge in [-0.2, -0.15) is 5.10 Å². The molecule has 2 aromatic rings. The van der Waals surface area contributed by atoms with E-state index in [9.17, 15) is 14.0 Å². The van der Waals surface area contributed by atoms with E-state index in [0.29, 0.717) is 0 Å². The maximum absolute atomic E-state index is 13.6. The maximum Gasteiger partial charge on any atom is 0.260 e. The van der Waals surface area contributed by atoms with Crippen molar-refractivity contribution in [1.82, 2.24) is 20.6 Å². The van der Waals surface area contributed by atoms with Gasteiger partial charge in [0.05, 0.1) is 12.1 Å². The minimum atomic E-state index is -0.571. The summed E-state index contributed by atoms with van der Waals surface area (Å²) >= 11 is 5.84. The van der Waals surface area contributed by atoms with Gasteiger partial charge in [-0.05, 0) is 32.0 Å². The number of hydrogen-bond acceptors (Lipinski definition) is 3. The molecule has 0 bridgehead atoms. The molecular weight excluding hydrogens is 323 g/mol. The number of nitrogens with zero attached hydrogens (tertiary/aromatic N) is 2. The van der Waals surface area contributed by atoms with Crippen molar-refractivity contribution in [3.8, 4) is 0 Å². The van der Waals surface area contributed by atoms with Crippen LogP contribution in [0.5, 0.6) is 0 Å². The molecule has 0 fully saturated rings. The predicted octanol–water partition coefficient (Wildman–Crippen LogP) is 1.68. The topological polar surface area (TPSA) is 76.0 Å². The van der Waals surface area contributed by atoms with Gasteiger partial charge in [0, 0.05) is 16.3 Å². The molecule has 0 spiro atoms. The Morgan fingerprint density at radius 1 is 1.26 bits per heavy atom. The second-order valence-corrected chi connectivity index (χ2v) is 5.47. The molecule has 1 aromatic carbocycles. The van der Waals surface area contributed by atoms with E-state index >= 15 is 0 Å². The molecule has 23 heavy (non-hydrogen) atoms. The normalized spacial score (nSPS) is 10.4. The molecule has 0 aliphatic heterocycles. The third-order valence-electron chi connectivity index (χ3n) is 3.14. The van der Waals surface area contributed by atoms with Gasteiger partial charge in [-0.3, -0.25) is 25.1 Å². The van der Waals surface area contributed by atoms with Gasteiger partial charge in [0.25, 0.3) is 5.91 Å². The molecule has 8 heteroatoms. The van der Waals surface area contributed by atoms with Crippen LogP contribution in [0, 0.1) is 19.7 Å². The van der Waals surface area contributed by atoms with Gasteiger partial charge >= 0.3 is 0 Å². The molecule has 2 rings (SSSR count). The van der Waals surface area contributed by atoms with Crippen molar-refractivity contribution in [2.24, 2.45) is 0 Å². The first-order valence-corrected chi connectivity index (χ1v) is 7.26. The Kier molecular flexibility index (Phi) is 5.33. The standard InChI is InChI=1S/C15H16ClFN4O2/c1-9-6-10(2)21(20-9)8-15(23)19-18-14(22)7-11-12(16)4-3-5-13(11)17/h3-6H,7-8H2,1-2H3,(H,18,22)(H,19,23). The van der Waals surface area contributed by atoms with Crippen molar-refractivity contribution in [2.75, 3.05) is 0 Å². The van der Waals surface area contributed by atoms with Crippen LogP contribution in [0.2, 0.25) is 5.02 Å². The highest BCUT2D eigenvalue weighted by Crippen LogP contribution is 2.19. The third-order valence-corrected chi connectivity index (χ3v) is 3.49. The van der Waals surface area contributed by atoms with E-state index in [4.69, 9.17) is 11.6 Å². The fourth-order valence-electron chi connectivity index (χ4n) is 2.06. The Labute approximate surface area is 137 Å². The quantitative estimate of drug-likeness (QED) is 0.833. The van der Waals surface area contributed by atoms with Gasteiger partial charge < -0.3 is 0 Å². The Bertz CT molecular complexity index is 725. The fourth-order valence-corrected chi connectivity index (χ4v) is 2.29. The second kappa shape index (κ2) is 7.23. The first kappa shape index (κ1) is 17.0. The van der Waals surface area contributed by atoms with Crippen LogP contribution in [-0.4, -0.2) is 21.6 Å². The summed E-state index contributed by atoms with van der Waals surface area (Å²) in [5.41, 5.74) is 6.21. The van der Waals surface area contributed by atoms with Crippen molar-refractivity contribution < 1.29 is 14.0 Å². The number of aromatic nitrogens is 2. The van der Waals surface area contributed by atoms with E-state index in [2.05, 4.69) is 16.0 Å². The molecular formula is C15H16ClFN4O2. The lowest BCUT2D eigenvalue weighted by molar-refractivity contribution is -0.129. The monoisotopic (exact) mass is 338 g/mol. The van der Waals surface area contributed by atoms with Gasteiger partial charge in [-0.15, -0.1) is 0 Å². The van der Waals surface area contributed by atoms with Gasteiger partial charge in [-0.1, -0.05) is 17.7 Å². The zero-order valence-corrected chi connectivity index (χ0v) is 13.4. The zero-order chi connectivity index (χ0) is 17.0.